The topological polar surface area (TPSA) is 184 Å². The Labute approximate surface area is 252 Å². The fourth-order valence-corrected chi connectivity index (χ4v) is 5.60. The van der Waals surface area contributed by atoms with Crippen molar-refractivity contribution >= 4 is 56.0 Å². The van der Waals surface area contributed by atoms with Crippen LogP contribution in [-0.2, 0) is 30.8 Å². The fraction of sp³-hybridized carbons (Fsp3) is 0.345. The third-order valence-electron chi connectivity index (χ3n) is 7.43. The van der Waals surface area contributed by atoms with E-state index < -0.39 is 63.2 Å². The summed E-state index contributed by atoms with van der Waals surface area (Å²) in [6.07, 6.45) is -0.473. The van der Waals surface area contributed by atoms with E-state index in [4.69, 9.17) is 9.15 Å². The number of ether oxygens (including phenoxy) is 1. The highest BCUT2D eigenvalue weighted by Crippen LogP contribution is 2.37. The zero-order chi connectivity index (χ0) is 32.5. The lowest BCUT2D eigenvalue weighted by Crippen LogP contribution is -2.60. The normalized spacial score (nSPS) is 17.4. The summed E-state index contributed by atoms with van der Waals surface area (Å²) in [6, 6.07) is 8.61. The highest BCUT2D eigenvalue weighted by Gasteiger charge is 2.43. The van der Waals surface area contributed by atoms with Gasteiger partial charge in [-0.05, 0) is 43.7 Å². The summed E-state index contributed by atoms with van der Waals surface area (Å²) < 4.78 is 34.9. The second kappa shape index (κ2) is 12.4. The molecule has 2 aromatic carbocycles. The van der Waals surface area contributed by atoms with Crippen LogP contribution in [-0.4, -0.2) is 86.5 Å². The predicted molar refractivity (Wildman–Crippen MR) is 161 cm³/mol. The monoisotopic (exact) mass is 628 g/mol. The molecule has 44 heavy (non-hydrogen) atoms. The maximum absolute atomic E-state index is 14.4. The van der Waals surface area contributed by atoms with Crippen LogP contribution in [0.15, 0.2) is 57.7 Å². The quantitative estimate of drug-likeness (QED) is 0.347. The predicted octanol–water partition coefficient (Wildman–Crippen LogP) is 1.60. The molecule has 0 saturated carbocycles. The Kier molecular flexibility index (Phi) is 8.99. The van der Waals surface area contributed by atoms with E-state index >= 15 is 0 Å². The van der Waals surface area contributed by atoms with Gasteiger partial charge in [0.2, 0.25) is 11.8 Å². The fourth-order valence-electron chi connectivity index (χ4n) is 5.01. The van der Waals surface area contributed by atoms with Crippen LogP contribution in [0.4, 0.5) is 16.2 Å². The molecular formula is C29H32N4O10S. The smallest absolute Gasteiger partial charge is 0.407 e. The lowest BCUT2D eigenvalue weighted by atomic mass is 10.1. The van der Waals surface area contributed by atoms with Crippen molar-refractivity contribution in [3.05, 3.63) is 64.5 Å². The van der Waals surface area contributed by atoms with Gasteiger partial charge in [0.25, 0.3) is 5.91 Å². The van der Waals surface area contributed by atoms with Crippen molar-refractivity contribution in [2.24, 2.45) is 0 Å². The molecule has 234 valence electrons. The van der Waals surface area contributed by atoms with Crippen molar-refractivity contribution in [3.8, 4) is 5.75 Å². The number of nitrogens with zero attached hydrogens (tertiary/aromatic N) is 3. The van der Waals surface area contributed by atoms with Gasteiger partial charge in [-0.25, -0.2) is 18.0 Å². The third-order valence-corrected chi connectivity index (χ3v) is 8.21. The molecule has 15 heteroatoms. The van der Waals surface area contributed by atoms with Crippen molar-refractivity contribution < 1.29 is 41.9 Å². The van der Waals surface area contributed by atoms with Gasteiger partial charge >= 0.3 is 11.7 Å². The number of hydrogen-bond donors (Lipinski definition) is 2. The maximum atomic E-state index is 14.4. The number of sulfone groups is 1. The number of fused-ring (bicyclic) bond motifs is 2. The number of hydrogen-bond acceptors (Lipinski definition) is 9. The number of rotatable bonds is 8. The number of carbonyl (C=O) groups excluding carboxylic acids is 3. The van der Waals surface area contributed by atoms with Crippen molar-refractivity contribution in [2.75, 3.05) is 36.0 Å². The molecular weight excluding hydrogens is 596 g/mol. The maximum Gasteiger partial charge on any atom is 0.407 e. The highest BCUT2D eigenvalue weighted by molar-refractivity contribution is 7.91. The second-order valence-corrected chi connectivity index (χ2v) is 12.6. The van der Waals surface area contributed by atoms with Gasteiger partial charge in [0.1, 0.15) is 29.2 Å². The molecule has 1 aliphatic heterocycles. The molecule has 1 aromatic heterocycles. The molecule has 1 aliphatic rings. The molecule has 3 atom stereocenters. The summed E-state index contributed by atoms with van der Waals surface area (Å²) in [7, 11) is -1.15. The molecule has 0 radical (unpaired) electrons. The van der Waals surface area contributed by atoms with Gasteiger partial charge in [0, 0.05) is 30.8 Å². The minimum absolute atomic E-state index is 0.198. The number of methoxy groups -OCH3 is 1. The number of para-hydroxylation sites is 2. The molecule has 0 fully saturated rings. The standard InChI is InChI=1S/C29H32N4O10S/c1-16-26(30-27(36)17(2)31(3)29(38)39)28(37)32(14-18-12-25(35)43-23-13-19(42-4)10-11-20(18)23)21-8-6-7-9-22(21)33(16)24(34)15-44(5,40)41/h6-13,16-17,26H,14-15H2,1-5H3,(H,30,36)(H,38,39)/t16-,17-,26-/m0/s1. The molecule has 0 aliphatic carbocycles. The Bertz CT molecular complexity index is 1810. The SMILES string of the molecule is COc1ccc2c(CN3C(=O)[C@@H](NC(=O)[C@H](C)N(C)C(=O)O)[C@H](C)N(C(=O)CS(C)(=O)=O)c4ccccc43)cc(=O)oc2c1. The van der Waals surface area contributed by atoms with Crippen LogP contribution >= 0.6 is 0 Å². The summed E-state index contributed by atoms with van der Waals surface area (Å²) in [6.45, 7) is 2.60. The average molecular weight is 629 g/mol. The van der Waals surface area contributed by atoms with Gasteiger partial charge in [-0.2, -0.15) is 0 Å². The Morgan fingerprint density at radius 2 is 1.77 bits per heavy atom. The van der Waals surface area contributed by atoms with Crippen molar-refractivity contribution in [1.29, 1.82) is 0 Å². The number of anilines is 2. The molecule has 4 rings (SSSR count). The number of likely N-dealkylation sites (N-methyl/N-ethyl adjacent to an activating group) is 1. The van der Waals surface area contributed by atoms with E-state index in [1.807, 2.05) is 0 Å². The van der Waals surface area contributed by atoms with Gasteiger partial charge < -0.3 is 29.4 Å². The van der Waals surface area contributed by atoms with E-state index in [2.05, 4.69) is 5.32 Å². The zero-order valence-electron chi connectivity index (χ0n) is 24.6. The summed E-state index contributed by atoms with van der Waals surface area (Å²) in [5, 5.41) is 12.4. The second-order valence-electron chi connectivity index (χ2n) is 10.5. The van der Waals surface area contributed by atoms with Crippen LogP contribution in [0, 0.1) is 0 Å². The van der Waals surface area contributed by atoms with Crippen molar-refractivity contribution in [2.45, 2.75) is 38.5 Å². The first-order valence-corrected chi connectivity index (χ1v) is 15.5. The molecule has 0 saturated heterocycles. The average Bonchev–Trinajstić information content (AvgIpc) is 3.03. The van der Waals surface area contributed by atoms with Gasteiger partial charge in [-0.1, -0.05) is 12.1 Å². The molecule has 14 nitrogen and oxygen atoms in total. The number of carbonyl (C=O) groups is 4. The molecule has 2 N–H and O–H groups in total. The summed E-state index contributed by atoms with van der Waals surface area (Å²) in [5.74, 6) is -2.78. The zero-order valence-corrected chi connectivity index (χ0v) is 25.5. The summed E-state index contributed by atoms with van der Waals surface area (Å²) in [4.78, 5) is 68.3. The van der Waals surface area contributed by atoms with Crippen LogP contribution in [0.5, 0.6) is 5.75 Å². The number of benzene rings is 2. The number of amides is 4. The van der Waals surface area contributed by atoms with Crippen LogP contribution in [0.25, 0.3) is 11.0 Å². The van der Waals surface area contributed by atoms with Crippen LogP contribution in [0.2, 0.25) is 0 Å². The minimum atomic E-state index is -3.80. The molecule has 2 heterocycles. The van der Waals surface area contributed by atoms with Gasteiger partial charge in [0.15, 0.2) is 9.84 Å². The first-order valence-electron chi connectivity index (χ1n) is 13.4. The van der Waals surface area contributed by atoms with Crippen LogP contribution < -0.4 is 25.5 Å². The third kappa shape index (κ3) is 6.51. The number of carboxylic acid groups (broad SMARTS) is 1. The molecule has 0 spiro atoms. The first kappa shape index (κ1) is 32.0. The van der Waals surface area contributed by atoms with Crippen LogP contribution in [0.1, 0.15) is 19.4 Å². The van der Waals surface area contributed by atoms with E-state index in [0.29, 0.717) is 16.7 Å². The molecule has 0 bridgehead atoms. The molecule has 4 amide bonds. The lowest BCUT2D eigenvalue weighted by Gasteiger charge is -2.33. The van der Waals surface area contributed by atoms with E-state index in [1.165, 1.54) is 45.0 Å². The van der Waals surface area contributed by atoms with Crippen molar-refractivity contribution in [1.82, 2.24) is 10.2 Å². The van der Waals surface area contributed by atoms with Crippen molar-refractivity contribution in [3.63, 3.8) is 0 Å². The van der Waals surface area contributed by atoms with E-state index in [9.17, 15) is 37.5 Å². The number of nitrogens with one attached hydrogen (secondary N) is 1. The summed E-state index contributed by atoms with van der Waals surface area (Å²) in [5.41, 5.74) is 0.313. The van der Waals surface area contributed by atoms with Gasteiger partial charge in [-0.15, -0.1) is 0 Å². The Morgan fingerprint density at radius 1 is 1.11 bits per heavy atom. The van der Waals surface area contributed by atoms with E-state index in [1.54, 1.807) is 36.4 Å². The molecule has 0 unspecified atom stereocenters. The largest absolute Gasteiger partial charge is 0.497 e. The van der Waals surface area contributed by atoms with Gasteiger partial charge in [0.05, 0.1) is 31.1 Å². The van der Waals surface area contributed by atoms with E-state index in [0.717, 1.165) is 16.1 Å². The summed E-state index contributed by atoms with van der Waals surface area (Å²) >= 11 is 0. The van der Waals surface area contributed by atoms with Crippen LogP contribution in [0.3, 0.4) is 0 Å². The van der Waals surface area contributed by atoms with E-state index in [-0.39, 0.29) is 23.5 Å². The Morgan fingerprint density at radius 3 is 2.39 bits per heavy atom. The van der Waals surface area contributed by atoms with Gasteiger partial charge in [-0.3, -0.25) is 19.3 Å². The first-order chi connectivity index (χ1) is 20.6. The Hall–Kier alpha value is -4.92. The Balaban J connectivity index is 1.88. The minimum Gasteiger partial charge on any atom is -0.497 e. The lowest BCUT2D eigenvalue weighted by molar-refractivity contribution is -0.130. The molecule has 3 aromatic rings. The highest BCUT2D eigenvalue weighted by atomic mass is 32.2.